The molecule has 0 saturated carbocycles. The molecule has 444 valence electrons. The quantitative estimate of drug-likeness (QED) is 0.0329. The van der Waals surface area contributed by atoms with Gasteiger partial charge in [0.15, 0.2) is 0 Å². The maximum Gasteiger partial charge on any atom is 0.242 e. The Kier molecular flexibility index (Phi) is 17.2. The number of fused-ring (bicyclic) bond motifs is 4. The zero-order valence-electron chi connectivity index (χ0n) is 49.4. The number of nitrogens with zero attached hydrogens (tertiary/aromatic N) is 9. The lowest BCUT2D eigenvalue weighted by Gasteiger charge is -2.34. The van der Waals surface area contributed by atoms with E-state index >= 15 is 0 Å². The van der Waals surface area contributed by atoms with Crippen LogP contribution in [-0.2, 0) is 14.4 Å². The van der Waals surface area contributed by atoms with Crippen LogP contribution in [0.5, 0.6) is 11.5 Å². The molecule has 3 amide bonds. The number of hydrogen-bond donors (Lipinski definition) is 6. The van der Waals surface area contributed by atoms with Gasteiger partial charge in [0.05, 0.1) is 57.3 Å². The van der Waals surface area contributed by atoms with Gasteiger partial charge in [-0.3, -0.25) is 14.4 Å². The largest absolute Gasteiger partial charge is 0.494 e. The molecular weight excluding hydrogens is 1080 g/mol. The van der Waals surface area contributed by atoms with Gasteiger partial charge in [0.25, 0.3) is 0 Å². The molecule has 2 fully saturated rings. The van der Waals surface area contributed by atoms with Gasteiger partial charge >= 0.3 is 0 Å². The summed E-state index contributed by atoms with van der Waals surface area (Å²) in [7, 11) is 4.33. The second-order valence-electron chi connectivity index (χ2n) is 22.7. The van der Waals surface area contributed by atoms with Crippen LogP contribution in [0.4, 0.5) is 11.4 Å². The van der Waals surface area contributed by atoms with Crippen molar-refractivity contribution in [3.8, 4) is 57.1 Å². The first kappa shape index (κ1) is 57.2. The molecule has 20 nitrogen and oxygen atoms in total. The zero-order chi connectivity index (χ0) is 59.1. The normalized spacial score (nSPS) is 14.6. The number of imidazole rings is 4. The summed E-state index contributed by atoms with van der Waals surface area (Å²) >= 11 is 0. The van der Waals surface area contributed by atoms with E-state index in [0.717, 1.165) is 142 Å². The molecule has 2 aliphatic rings. The van der Waals surface area contributed by atoms with Crippen molar-refractivity contribution in [3.05, 3.63) is 121 Å². The number of carbonyl (C=O) groups excluding carboxylic acids is 3. The highest BCUT2D eigenvalue weighted by Crippen LogP contribution is 2.32. The minimum absolute atomic E-state index is 0.118. The Morgan fingerprint density at radius 1 is 0.523 bits per heavy atom. The van der Waals surface area contributed by atoms with Crippen LogP contribution < -0.4 is 29.9 Å². The number of piperazine rings is 2. The molecule has 0 aliphatic carbocycles. The fraction of sp³-hybridized carbons (Fsp3) is 0.348. The fourth-order valence-electron chi connectivity index (χ4n) is 11.4. The average molecular weight is 1160 g/mol. The third-order valence-corrected chi connectivity index (χ3v) is 16.4. The van der Waals surface area contributed by atoms with E-state index in [-0.39, 0.29) is 43.7 Å². The number of amides is 3. The lowest BCUT2D eigenvalue weighted by molar-refractivity contribution is -0.140. The molecule has 6 N–H and O–H groups in total. The summed E-state index contributed by atoms with van der Waals surface area (Å²) in [4.78, 5) is 84.4. The molecule has 10 aromatic rings. The van der Waals surface area contributed by atoms with Gasteiger partial charge in [-0.15, -0.1) is 0 Å². The minimum Gasteiger partial charge on any atom is -0.494 e. The molecule has 0 unspecified atom stereocenters. The van der Waals surface area contributed by atoms with E-state index in [0.29, 0.717) is 50.5 Å². The number of benzene rings is 6. The lowest BCUT2D eigenvalue weighted by atomic mass is 10.2. The van der Waals surface area contributed by atoms with Crippen molar-refractivity contribution in [2.75, 3.05) is 109 Å². The molecule has 0 spiro atoms. The SMILES string of the molecule is CCCN(C(=O)CCCOc1cccc(-c2nc3ccc(-c4nc5ccc(N6CCN(C)CC6)cc5[nH]4)cc3[nH]2)c1)[C@H](C)C(=O)NCCNC(=O)CCCOc1cccc(-c2nc3ccc(-c4nc5ccc(N6CCN(C)CC6)cc5[nH]4)cc3[nH]2)c1. The van der Waals surface area contributed by atoms with Crippen LogP contribution in [0.25, 0.3) is 89.7 Å². The summed E-state index contributed by atoms with van der Waals surface area (Å²) in [6.45, 7) is 13.6. The lowest BCUT2D eigenvalue weighted by Crippen LogP contribution is -2.49. The van der Waals surface area contributed by atoms with E-state index in [9.17, 15) is 14.4 Å². The van der Waals surface area contributed by atoms with Gasteiger partial charge in [-0.2, -0.15) is 0 Å². The molecule has 2 saturated heterocycles. The molecule has 6 heterocycles. The number of H-pyrrole nitrogens is 4. The van der Waals surface area contributed by atoms with Crippen molar-refractivity contribution in [3.63, 3.8) is 0 Å². The topological polar surface area (TPSA) is 225 Å². The highest BCUT2D eigenvalue weighted by Gasteiger charge is 2.25. The molecule has 4 aromatic heterocycles. The van der Waals surface area contributed by atoms with Crippen molar-refractivity contribution in [2.24, 2.45) is 0 Å². The Labute approximate surface area is 499 Å². The monoisotopic (exact) mass is 1160 g/mol. The molecular formula is C66H75N15O5. The Balaban J connectivity index is 0.551. The van der Waals surface area contributed by atoms with Gasteiger partial charge in [-0.05, 0) is 137 Å². The predicted molar refractivity (Wildman–Crippen MR) is 340 cm³/mol. The highest BCUT2D eigenvalue weighted by atomic mass is 16.5. The Morgan fingerprint density at radius 2 is 0.942 bits per heavy atom. The summed E-state index contributed by atoms with van der Waals surface area (Å²) in [6.07, 6.45) is 2.17. The minimum atomic E-state index is -0.680. The fourth-order valence-corrected chi connectivity index (χ4v) is 11.4. The maximum absolute atomic E-state index is 13.5. The van der Waals surface area contributed by atoms with Crippen LogP contribution in [0.2, 0.25) is 0 Å². The number of carbonyl (C=O) groups is 3. The van der Waals surface area contributed by atoms with Gasteiger partial charge in [0.1, 0.15) is 40.8 Å². The smallest absolute Gasteiger partial charge is 0.242 e. The van der Waals surface area contributed by atoms with Gasteiger partial charge < -0.3 is 64.5 Å². The second-order valence-corrected chi connectivity index (χ2v) is 22.7. The van der Waals surface area contributed by atoms with Crippen molar-refractivity contribution >= 4 is 73.2 Å². The number of hydrogen-bond acceptors (Lipinski definition) is 13. The number of likely N-dealkylation sites (N-methyl/N-ethyl adjacent to an activating group) is 2. The summed E-state index contributed by atoms with van der Waals surface area (Å²) in [5.41, 5.74) is 13.5. The van der Waals surface area contributed by atoms with E-state index in [1.807, 2.05) is 79.7 Å². The Hall–Kier alpha value is -9.27. The van der Waals surface area contributed by atoms with Crippen molar-refractivity contribution in [2.45, 2.75) is 52.0 Å². The number of ether oxygens (including phenoxy) is 2. The first-order chi connectivity index (χ1) is 42.0. The van der Waals surface area contributed by atoms with Crippen molar-refractivity contribution in [1.29, 1.82) is 0 Å². The van der Waals surface area contributed by atoms with E-state index in [1.54, 1.807) is 11.8 Å². The summed E-state index contributed by atoms with van der Waals surface area (Å²) in [5, 5.41) is 5.78. The highest BCUT2D eigenvalue weighted by molar-refractivity contribution is 5.90. The third-order valence-electron chi connectivity index (χ3n) is 16.4. The summed E-state index contributed by atoms with van der Waals surface area (Å²) in [6, 6.07) is 39.9. The van der Waals surface area contributed by atoms with E-state index < -0.39 is 6.04 Å². The molecule has 20 heteroatoms. The Morgan fingerprint density at radius 3 is 1.41 bits per heavy atom. The third kappa shape index (κ3) is 13.3. The first-order valence-electron chi connectivity index (χ1n) is 30.1. The number of aromatic nitrogens is 8. The maximum atomic E-state index is 13.5. The molecule has 0 bridgehead atoms. The molecule has 1 atom stereocenters. The molecule has 0 radical (unpaired) electrons. The van der Waals surface area contributed by atoms with Crippen LogP contribution in [-0.4, -0.2) is 178 Å². The van der Waals surface area contributed by atoms with Gasteiger partial charge in [0.2, 0.25) is 17.7 Å². The van der Waals surface area contributed by atoms with E-state index in [2.05, 4.69) is 113 Å². The zero-order valence-corrected chi connectivity index (χ0v) is 49.4. The van der Waals surface area contributed by atoms with Gasteiger partial charge in [-0.1, -0.05) is 31.2 Å². The van der Waals surface area contributed by atoms with Gasteiger partial charge in [0, 0.05) is 118 Å². The van der Waals surface area contributed by atoms with Crippen molar-refractivity contribution < 1.29 is 23.9 Å². The predicted octanol–water partition coefficient (Wildman–Crippen LogP) is 9.24. The molecule has 6 aromatic carbocycles. The van der Waals surface area contributed by atoms with Crippen LogP contribution in [0.1, 0.15) is 46.0 Å². The van der Waals surface area contributed by atoms with Crippen LogP contribution in [0, 0.1) is 0 Å². The van der Waals surface area contributed by atoms with Crippen molar-refractivity contribution in [1.82, 2.24) is 65.2 Å². The molecule has 2 aliphatic heterocycles. The standard InChI is InChI=1S/C66H75N15O5/c1-5-26-81(61(83)15-9-36-86-51-13-7-11-45(38-51)63-70-53-21-17-47(40-57(53)74-63)65-72-55-23-19-49(42-59(55)76-65)80-33-29-78(4)30-34-80)43(2)66(84)68-25-24-67-60(82)14-8-35-85-50-12-6-10-44(37-50)62-69-52-20-16-46(39-56(52)73-62)64-71-54-22-18-48(41-58(54)75-64)79-31-27-77(3)28-32-79/h6-7,10-13,16-23,37-43H,5,8-9,14-15,24-36H2,1-4H3,(H,67,82)(H,68,84)(H,69,73)(H,70,74)(H,71,75)(H,72,76)/t43-/m1/s1. The van der Waals surface area contributed by atoms with E-state index in [1.165, 1.54) is 11.4 Å². The van der Waals surface area contributed by atoms with Crippen LogP contribution in [0.3, 0.4) is 0 Å². The van der Waals surface area contributed by atoms with Crippen LogP contribution >= 0.6 is 0 Å². The molecule has 12 rings (SSSR count). The number of anilines is 2. The van der Waals surface area contributed by atoms with Crippen LogP contribution in [0.15, 0.2) is 121 Å². The summed E-state index contributed by atoms with van der Waals surface area (Å²) in [5.74, 6) is 3.86. The number of nitrogens with one attached hydrogen (secondary N) is 6. The number of aromatic amines is 4. The average Bonchev–Trinajstić information content (AvgIpc) is 2.44. The summed E-state index contributed by atoms with van der Waals surface area (Å²) < 4.78 is 12.2. The second kappa shape index (κ2) is 25.9. The van der Waals surface area contributed by atoms with Gasteiger partial charge in [-0.25, -0.2) is 19.9 Å². The Bertz CT molecular complexity index is 4020. The molecule has 86 heavy (non-hydrogen) atoms. The van der Waals surface area contributed by atoms with E-state index in [4.69, 9.17) is 29.4 Å². The first-order valence-corrected chi connectivity index (χ1v) is 30.1. The number of rotatable bonds is 23.